The topological polar surface area (TPSA) is 29.1 Å². The van der Waals surface area contributed by atoms with Gasteiger partial charge in [-0.1, -0.05) is 40.5 Å². The molecule has 0 radical (unpaired) electrons. The number of hydrogen-bond acceptors (Lipinski definition) is 1. The Morgan fingerprint density at radius 2 is 2.11 bits per heavy atom. The van der Waals surface area contributed by atoms with Gasteiger partial charge in [-0.25, -0.2) is 0 Å². The van der Waals surface area contributed by atoms with Crippen LogP contribution in [0, 0.1) is 0 Å². The average Bonchev–Trinajstić information content (AvgIpc) is 2.29. The number of halogens is 5. The molecule has 0 aliphatic rings. The Morgan fingerprint density at radius 1 is 1.50 bits per heavy atom. The zero-order chi connectivity index (χ0) is 13.9. The predicted molar refractivity (Wildman–Crippen MR) is 68.1 cm³/mol. The van der Waals surface area contributed by atoms with Crippen LogP contribution in [0.1, 0.15) is 18.9 Å². The quantitative estimate of drug-likeness (QED) is 0.805. The minimum atomic E-state index is -4.57. The summed E-state index contributed by atoms with van der Waals surface area (Å²) in [7, 11) is 0. The van der Waals surface area contributed by atoms with Gasteiger partial charge in [0.2, 0.25) is 5.91 Å². The first-order valence-electron chi connectivity index (χ1n) is 5.08. The molecule has 0 fully saturated rings. The zero-order valence-electron chi connectivity index (χ0n) is 9.31. The first kappa shape index (κ1) is 15.3. The third kappa shape index (κ3) is 3.62. The van der Waals surface area contributed by atoms with E-state index in [1.165, 1.54) is 12.1 Å². The summed E-state index contributed by atoms with van der Waals surface area (Å²) in [5.74, 6) is -0.559. The summed E-state index contributed by atoms with van der Waals surface area (Å²) < 4.78 is 38.2. The molecule has 1 amide bonds. The fourth-order valence-electron chi connectivity index (χ4n) is 1.27. The van der Waals surface area contributed by atoms with Crippen LogP contribution in [0.25, 0.3) is 0 Å². The lowest BCUT2D eigenvalue weighted by Crippen LogP contribution is -2.24. The molecular formula is C11H10BrClF3NO. The van der Waals surface area contributed by atoms with Gasteiger partial charge in [0.05, 0.1) is 21.1 Å². The summed E-state index contributed by atoms with van der Waals surface area (Å²) in [5, 5.41) is 2.05. The van der Waals surface area contributed by atoms with Gasteiger partial charge in [-0.3, -0.25) is 4.79 Å². The number of amides is 1. The van der Waals surface area contributed by atoms with Crippen LogP contribution in [0.4, 0.5) is 18.9 Å². The molecule has 1 aromatic carbocycles. The fraction of sp³-hybridized carbons (Fsp3) is 0.364. The molecule has 0 aliphatic heterocycles. The maximum Gasteiger partial charge on any atom is 0.418 e. The van der Waals surface area contributed by atoms with Crippen LogP contribution in [0.2, 0.25) is 5.02 Å². The summed E-state index contributed by atoms with van der Waals surface area (Å²) in [5.41, 5.74) is -1.37. The molecular weight excluding hydrogens is 334 g/mol. The van der Waals surface area contributed by atoms with E-state index in [1.807, 2.05) is 0 Å². The lowest BCUT2D eigenvalue weighted by atomic mass is 10.1. The number of para-hydroxylation sites is 1. The van der Waals surface area contributed by atoms with Gasteiger partial charge in [0.15, 0.2) is 0 Å². The smallest absolute Gasteiger partial charge is 0.323 e. The summed E-state index contributed by atoms with van der Waals surface area (Å²) >= 11 is 8.76. The second-order valence-electron chi connectivity index (χ2n) is 3.53. The second-order valence-corrected chi connectivity index (χ2v) is 5.04. The van der Waals surface area contributed by atoms with Crippen LogP contribution < -0.4 is 5.32 Å². The van der Waals surface area contributed by atoms with E-state index in [9.17, 15) is 18.0 Å². The molecule has 1 aromatic rings. The third-order valence-electron chi connectivity index (χ3n) is 2.21. The fourth-order valence-corrected chi connectivity index (χ4v) is 1.61. The molecule has 18 heavy (non-hydrogen) atoms. The number of anilines is 1. The van der Waals surface area contributed by atoms with Gasteiger partial charge >= 0.3 is 6.18 Å². The van der Waals surface area contributed by atoms with Crippen molar-refractivity contribution in [2.24, 2.45) is 0 Å². The third-order valence-corrected chi connectivity index (χ3v) is 3.59. The van der Waals surface area contributed by atoms with E-state index in [-0.39, 0.29) is 5.02 Å². The van der Waals surface area contributed by atoms with E-state index in [4.69, 9.17) is 11.6 Å². The van der Waals surface area contributed by atoms with E-state index in [2.05, 4.69) is 21.2 Å². The number of alkyl halides is 4. The van der Waals surface area contributed by atoms with Crippen molar-refractivity contribution in [2.45, 2.75) is 24.3 Å². The molecule has 1 atom stereocenters. The Labute approximate surface area is 116 Å². The lowest BCUT2D eigenvalue weighted by molar-refractivity contribution is -0.137. The van der Waals surface area contributed by atoms with Crippen LogP contribution >= 0.6 is 27.5 Å². The van der Waals surface area contributed by atoms with Gasteiger partial charge < -0.3 is 5.32 Å². The van der Waals surface area contributed by atoms with Crippen LogP contribution in [0.15, 0.2) is 18.2 Å². The van der Waals surface area contributed by atoms with Crippen molar-refractivity contribution < 1.29 is 18.0 Å². The number of carbonyl (C=O) groups excluding carboxylic acids is 1. The van der Waals surface area contributed by atoms with Crippen molar-refractivity contribution in [3.63, 3.8) is 0 Å². The minimum Gasteiger partial charge on any atom is -0.323 e. The van der Waals surface area contributed by atoms with E-state index in [1.54, 1.807) is 6.92 Å². The largest absolute Gasteiger partial charge is 0.418 e. The number of hydrogen-bond donors (Lipinski definition) is 1. The highest BCUT2D eigenvalue weighted by Gasteiger charge is 2.35. The molecule has 0 spiro atoms. The normalized spacial score (nSPS) is 13.2. The molecule has 0 aromatic heterocycles. The van der Waals surface area contributed by atoms with Crippen molar-refractivity contribution in [2.75, 3.05) is 5.32 Å². The molecule has 7 heteroatoms. The maximum atomic E-state index is 12.7. The van der Waals surface area contributed by atoms with E-state index < -0.39 is 28.2 Å². The summed E-state index contributed by atoms with van der Waals surface area (Å²) in [6.45, 7) is 1.73. The highest BCUT2D eigenvalue weighted by atomic mass is 79.9. The van der Waals surface area contributed by atoms with Crippen molar-refractivity contribution in [3.05, 3.63) is 28.8 Å². The second kappa shape index (κ2) is 5.93. The van der Waals surface area contributed by atoms with Gasteiger partial charge in [0.1, 0.15) is 0 Å². The molecule has 0 bridgehead atoms. The van der Waals surface area contributed by atoms with E-state index in [0.717, 1.165) is 6.07 Å². The number of rotatable bonds is 3. The van der Waals surface area contributed by atoms with Gasteiger partial charge in [0.25, 0.3) is 0 Å². The van der Waals surface area contributed by atoms with Crippen LogP contribution in [0.3, 0.4) is 0 Å². The Morgan fingerprint density at radius 3 is 2.61 bits per heavy atom. The Kier molecular flexibility index (Phi) is 5.04. The van der Waals surface area contributed by atoms with Gasteiger partial charge in [-0.15, -0.1) is 0 Å². The van der Waals surface area contributed by atoms with Crippen LogP contribution in [-0.4, -0.2) is 10.7 Å². The summed E-state index contributed by atoms with van der Waals surface area (Å²) in [4.78, 5) is 11.0. The van der Waals surface area contributed by atoms with Gasteiger partial charge in [-0.05, 0) is 18.6 Å². The Hall–Kier alpha value is -0.750. The first-order chi connectivity index (χ1) is 8.27. The van der Waals surface area contributed by atoms with Crippen molar-refractivity contribution in [1.82, 2.24) is 0 Å². The number of benzene rings is 1. The molecule has 100 valence electrons. The van der Waals surface area contributed by atoms with Crippen molar-refractivity contribution >= 4 is 39.1 Å². The summed E-state index contributed by atoms with van der Waals surface area (Å²) in [6.07, 6.45) is -4.11. The highest BCUT2D eigenvalue weighted by Crippen LogP contribution is 2.38. The van der Waals surface area contributed by atoms with E-state index >= 15 is 0 Å². The molecule has 0 saturated carbocycles. The van der Waals surface area contributed by atoms with Gasteiger partial charge in [-0.2, -0.15) is 13.2 Å². The molecule has 0 aliphatic carbocycles. The summed E-state index contributed by atoms with van der Waals surface area (Å²) in [6, 6.07) is 3.35. The average molecular weight is 345 g/mol. The first-order valence-corrected chi connectivity index (χ1v) is 6.37. The van der Waals surface area contributed by atoms with Crippen molar-refractivity contribution in [1.29, 1.82) is 0 Å². The number of nitrogens with one attached hydrogen (secondary N) is 1. The highest BCUT2D eigenvalue weighted by molar-refractivity contribution is 9.10. The molecule has 0 saturated heterocycles. The Balaban J connectivity index is 3.12. The maximum absolute atomic E-state index is 12.7. The Bertz CT molecular complexity index is 450. The van der Waals surface area contributed by atoms with Crippen LogP contribution in [-0.2, 0) is 11.0 Å². The standard InChI is InChI=1S/C11H10BrClF3NO/c1-2-7(12)10(18)17-9-6(11(14,15)16)4-3-5-8(9)13/h3-5,7H,2H2,1H3,(H,17,18). The van der Waals surface area contributed by atoms with Gasteiger partial charge in [0, 0.05) is 0 Å². The molecule has 1 rings (SSSR count). The SMILES string of the molecule is CCC(Br)C(=O)Nc1c(Cl)cccc1C(F)(F)F. The molecule has 1 unspecified atom stereocenters. The number of carbonyl (C=O) groups is 1. The van der Waals surface area contributed by atoms with E-state index in [0.29, 0.717) is 6.42 Å². The predicted octanol–water partition coefficient (Wildman–Crippen LogP) is 4.47. The molecule has 2 nitrogen and oxygen atoms in total. The van der Waals surface area contributed by atoms with Crippen molar-refractivity contribution in [3.8, 4) is 0 Å². The molecule has 1 N–H and O–H groups in total. The molecule has 0 heterocycles. The lowest BCUT2D eigenvalue weighted by Gasteiger charge is -2.16. The minimum absolute atomic E-state index is 0.144. The zero-order valence-corrected chi connectivity index (χ0v) is 11.7. The van der Waals surface area contributed by atoms with Crippen LogP contribution in [0.5, 0.6) is 0 Å². The monoisotopic (exact) mass is 343 g/mol.